The summed E-state index contributed by atoms with van der Waals surface area (Å²) >= 11 is 0. The third-order valence-corrected chi connectivity index (χ3v) is 1.50. The summed E-state index contributed by atoms with van der Waals surface area (Å²) in [6.45, 7) is 0. The molecule has 0 atom stereocenters. The number of aromatic nitrogens is 2. The molecule has 12 heavy (non-hydrogen) atoms. The number of nitrogens with two attached hydrogens (primary N) is 1. The Bertz CT molecular complexity index is 379. The van der Waals surface area contributed by atoms with Gasteiger partial charge in [0.2, 0.25) is 0 Å². The van der Waals surface area contributed by atoms with Crippen LogP contribution in [0.5, 0.6) is 0 Å². The first-order valence-corrected chi connectivity index (χ1v) is 3.32. The van der Waals surface area contributed by atoms with Gasteiger partial charge in [0.15, 0.2) is 17.4 Å². The van der Waals surface area contributed by atoms with Crippen LogP contribution in [0.2, 0.25) is 0 Å². The van der Waals surface area contributed by atoms with Crippen molar-refractivity contribution < 1.29 is 8.81 Å². The van der Waals surface area contributed by atoms with Crippen molar-refractivity contribution in [2.75, 3.05) is 5.73 Å². The standard InChI is InChI=1S/C7H6FN3O/c8-5-6(10-11-7(5)9)4-2-1-3-12-4/h1-3H,(H3,9,10,11). The number of anilines is 1. The molecule has 0 amide bonds. The molecular formula is C7H6FN3O. The van der Waals surface area contributed by atoms with E-state index in [0.717, 1.165) is 0 Å². The lowest BCUT2D eigenvalue weighted by Gasteiger charge is -1.88. The number of nitrogen functional groups attached to an aromatic ring is 1. The first-order chi connectivity index (χ1) is 5.79. The third kappa shape index (κ3) is 0.868. The highest BCUT2D eigenvalue weighted by atomic mass is 19.1. The summed E-state index contributed by atoms with van der Waals surface area (Å²) in [5.41, 5.74) is 5.37. The quantitative estimate of drug-likeness (QED) is 0.674. The van der Waals surface area contributed by atoms with Crippen LogP contribution in [0.15, 0.2) is 22.8 Å². The van der Waals surface area contributed by atoms with Gasteiger partial charge in [-0.1, -0.05) is 0 Å². The van der Waals surface area contributed by atoms with Crippen molar-refractivity contribution in [3.8, 4) is 11.5 Å². The number of rotatable bonds is 1. The molecule has 0 aliphatic carbocycles. The van der Waals surface area contributed by atoms with Gasteiger partial charge < -0.3 is 10.2 Å². The van der Waals surface area contributed by atoms with Crippen molar-refractivity contribution >= 4 is 5.82 Å². The minimum absolute atomic E-state index is 0.151. The molecule has 0 bridgehead atoms. The third-order valence-electron chi connectivity index (χ3n) is 1.50. The number of halogens is 1. The average molecular weight is 167 g/mol. The Labute approximate surface area is 67.2 Å². The van der Waals surface area contributed by atoms with Crippen LogP contribution >= 0.6 is 0 Å². The van der Waals surface area contributed by atoms with Gasteiger partial charge in [0.1, 0.15) is 5.69 Å². The summed E-state index contributed by atoms with van der Waals surface area (Å²) in [6, 6.07) is 3.28. The molecular weight excluding hydrogens is 161 g/mol. The highest BCUT2D eigenvalue weighted by Gasteiger charge is 2.13. The summed E-state index contributed by atoms with van der Waals surface area (Å²) in [6.07, 6.45) is 1.45. The molecule has 2 heterocycles. The monoisotopic (exact) mass is 167 g/mol. The Morgan fingerprint density at radius 3 is 2.92 bits per heavy atom. The lowest BCUT2D eigenvalue weighted by atomic mass is 10.3. The van der Waals surface area contributed by atoms with E-state index >= 15 is 0 Å². The van der Waals surface area contributed by atoms with Crippen LogP contribution in [0.1, 0.15) is 0 Å². The van der Waals surface area contributed by atoms with Crippen molar-refractivity contribution in [2.45, 2.75) is 0 Å². The zero-order chi connectivity index (χ0) is 8.55. The Kier molecular flexibility index (Phi) is 1.36. The Morgan fingerprint density at radius 2 is 2.42 bits per heavy atom. The lowest BCUT2D eigenvalue weighted by molar-refractivity contribution is 0.568. The maximum absolute atomic E-state index is 13.0. The van der Waals surface area contributed by atoms with Crippen LogP contribution in [-0.4, -0.2) is 10.2 Å². The molecule has 4 nitrogen and oxygen atoms in total. The summed E-state index contributed by atoms with van der Waals surface area (Å²) in [7, 11) is 0. The number of nitrogens with zero attached hydrogens (tertiary/aromatic N) is 1. The predicted octanol–water partition coefficient (Wildman–Crippen LogP) is 1.39. The maximum Gasteiger partial charge on any atom is 0.195 e. The molecule has 2 rings (SSSR count). The fourth-order valence-corrected chi connectivity index (χ4v) is 0.926. The highest BCUT2D eigenvalue weighted by Crippen LogP contribution is 2.23. The maximum atomic E-state index is 13.0. The van der Waals surface area contributed by atoms with Crippen molar-refractivity contribution in [1.82, 2.24) is 10.2 Å². The van der Waals surface area contributed by atoms with E-state index in [0.29, 0.717) is 5.76 Å². The van der Waals surface area contributed by atoms with Gasteiger partial charge in [0.05, 0.1) is 6.26 Å². The van der Waals surface area contributed by atoms with Gasteiger partial charge >= 0.3 is 0 Å². The number of H-pyrrole nitrogens is 1. The minimum Gasteiger partial charge on any atom is -0.463 e. The van der Waals surface area contributed by atoms with Gasteiger partial charge in [-0.2, -0.15) is 5.10 Å². The number of hydrogen-bond donors (Lipinski definition) is 2. The van der Waals surface area contributed by atoms with Crippen LogP contribution in [0.4, 0.5) is 10.2 Å². The molecule has 0 aromatic carbocycles. The SMILES string of the molecule is Nc1n[nH]c(-c2ccco2)c1F. The Morgan fingerprint density at radius 1 is 1.58 bits per heavy atom. The zero-order valence-electron chi connectivity index (χ0n) is 6.04. The molecule has 0 saturated carbocycles. The van der Waals surface area contributed by atoms with E-state index in [2.05, 4.69) is 10.2 Å². The molecule has 62 valence electrons. The molecule has 0 saturated heterocycles. The van der Waals surface area contributed by atoms with Gasteiger partial charge in [-0.05, 0) is 12.1 Å². The second-order valence-electron chi connectivity index (χ2n) is 2.28. The molecule has 3 N–H and O–H groups in total. The van der Waals surface area contributed by atoms with Crippen molar-refractivity contribution in [3.63, 3.8) is 0 Å². The molecule has 0 fully saturated rings. The predicted molar refractivity (Wildman–Crippen MR) is 40.7 cm³/mol. The van der Waals surface area contributed by atoms with Crippen LogP contribution < -0.4 is 5.73 Å². The number of nitrogens with one attached hydrogen (secondary N) is 1. The van der Waals surface area contributed by atoms with Crippen LogP contribution in [-0.2, 0) is 0 Å². The van der Waals surface area contributed by atoms with Gasteiger partial charge in [-0.15, -0.1) is 0 Å². The topological polar surface area (TPSA) is 67.8 Å². The summed E-state index contributed by atoms with van der Waals surface area (Å²) < 4.78 is 18.0. The van der Waals surface area contributed by atoms with E-state index in [1.165, 1.54) is 6.26 Å². The lowest BCUT2D eigenvalue weighted by Crippen LogP contribution is -1.86. The van der Waals surface area contributed by atoms with E-state index < -0.39 is 5.82 Å². The Hall–Kier alpha value is -1.78. The zero-order valence-corrected chi connectivity index (χ0v) is 6.04. The number of aromatic amines is 1. The largest absolute Gasteiger partial charge is 0.463 e. The molecule has 2 aromatic rings. The summed E-state index contributed by atoms with van der Waals surface area (Å²) in [4.78, 5) is 0. The van der Waals surface area contributed by atoms with E-state index in [1.54, 1.807) is 12.1 Å². The fourth-order valence-electron chi connectivity index (χ4n) is 0.926. The molecule has 0 unspecified atom stereocenters. The number of hydrogen-bond acceptors (Lipinski definition) is 3. The first kappa shape index (κ1) is 6.90. The van der Waals surface area contributed by atoms with Gasteiger partial charge in [-0.3, -0.25) is 5.10 Å². The van der Waals surface area contributed by atoms with Crippen LogP contribution in [0.3, 0.4) is 0 Å². The van der Waals surface area contributed by atoms with Crippen LogP contribution in [0.25, 0.3) is 11.5 Å². The minimum atomic E-state index is -0.579. The Balaban J connectivity index is 2.55. The van der Waals surface area contributed by atoms with Gasteiger partial charge in [0.25, 0.3) is 0 Å². The van der Waals surface area contributed by atoms with Gasteiger partial charge in [-0.25, -0.2) is 4.39 Å². The summed E-state index contributed by atoms with van der Waals surface area (Å²) in [5, 5.41) is 5.92. The molecule has 0 spiro atoms. The summed E-state index contributed by atoms with van der Waals surface area (Å²) in [5.74, 6) is -0.344. The van der Waals surface area contributed by atoms with E-state index in [4.69, 9.17) is 10.2 Å². The molecule has 5 heteroatoms. The second kappa shape index (κ2) is 2.37. The van der Waals surface area contributed by atoms with Crippen LogP contribution in [0, 0.1) is 5.82 Å². The molecule has 2 aromatic heterocycles. The second-order valence-corrected chi connectivity index (χ2v) is 2.28. The highest BCUT2D eigenvalue weighted by molar-refractivity contribution is 5.57. The normalized spacial score (nSPS) is 10.4. The van der Waals surface area contributed by atoms with E-state index in [1.807, 2.05) is 0 Å². The molecule has 0 radical (unpaired) electrons. The average Bonchev–Trinajstić information content (AvgIpc) is 2.64. The van der Waals surface area contributed by atoms with E-state index in [9.17, 15) is 4.39 Å². The smallest absolute Gasteiger partial charge is 0.195 e. The fraction of sp³-hybridized carbons (Fsp3) is 0. The first-order valence-electron chi connectivity index (χ1n) is 3.32. The van der Waals surface area contributed by atoms with Crippen molar-refractivity contribution in [1.29, 1.82) is 0 Å². The number of furan rings is 1. The molecule has 0 aliphatic rings. The molecule has 0 aliphatic heterocycles. The van der Waals surface area contributed by atoms with Gasteiger partial charge in [0, 0.05) is 0 Å². The van der Waals surface area contributed by atoms with E-state index in [-0.39, 0.29) is 11.5 Å². The van der Waals surface area contributed by atoms with Crippen molar-refractivity contribution in [2.24, 2.45) is 0 Å². The van der Waals surface area contributed by atoms with Crippen molar-refractivity contribution in [3.05, 3.63) is 24.2 Å².